The fourth-order valence-corrected chi connectivity index (χ4v) is 4.35. The molecule has 2 amide bonds. The number of β-lactam (4-membered cyclic amide) rings is 1. The summed E-state index contributed by atoms with van der Waals surface area (Å²) < 4.78 is 0. The summed E-state index contributed by atoms with van der Waals surface area (Å²) in [6, 6.07) is -0.850. The van der Waals surface area contributed by atoms with Gasteiger partial charge in [0.15, 0.2) is 10.9 Å². The Morgan fingerprint density at radius 2 is 2.32 bits per heavy atom. The van der Waals surface area contributed by atoms with E-state index in [0.717, 1.165) is 16.7 Å². The van der Waals surface area contributed by atoms with E-state index in [2.05, 4.69) is 20.3 Å². The van der Waals surface area contributed by atoms with E-state index < -0.39 is 29.2 Å². The zero-order chi connectivity index (χ0) is 18.1. The van der Waals surface area contributed by atoms with E-state index in [1.807, 2.05) is 0 Å². The van der Waals surface area contributed by atoms with Crippen LogP contribution in [0.3, 0.4) is 0 Å². The number of rotatable bonds is 5. The van der Waals surface area contributed by atoms with Crippen molar-refractivity contribution in [1.29, 1.82) is 5.41 Å². The van der Waals surface area contributed by atoms with Crippen LogP contribution in [0.4, 0.5) is 0 Å². The summed E-state index contributed by atoms with van der Waals surface area (Å²) in [6.07, 6.45) is 1.47. The second-order valence-corrected chi connectivity index (χ2v) is 7.17. The van der Waals surface area contributed by atoms with Gasteiger partial charge in [-0.05, 0) is 6.08 Å². The third kappa shape index (κ3) is 3.14. The van der Waals surface area contributed by atoms with Crippen LogP contribution in [-0.4, -0.2) is 74.4 Å². The van der Waals surface area contributed by atoms with Crippen LogP contribution in [0.1, 0.15) is 0 Å². The van der Waals surface area contributed by atoms with Crippen molar-refractivity contribution < 1.29 is 24.3 Å². The summed E-state index contributed by atoms with van der Waals surface area (Å²) in [5.74, 6) is -1.58. The van der Waals surface area contributed by atoms with Gasteiger partial charge in [0.2, 0.25) is 0 Å². The highest BCUT2D eigenvalue weighted by atomic mass is 32.2. The van der Waals surface area contributed by atoms with E-state index in [0.29, 0.717) is 17.2 Å². The lowest BCUT2D eigenvalue weighted by Gasteiger charge is -2.48. The second kappa shape index (κ2) is 6.88. The van der Waals surface area contributed by atoms with Crippen molar-refractivity contribution in [3.05, 3.63) is 11.8 Å². The van der Waals surface area contributed by atoms with Crippen LogP contribution >= 0.6 is 23.5 Å². The minimum atomic E-state index is -1.18. The van der Waals surface area contributed by atoms with Gasteiger partial charge in [-0.25, -0.2) is 9.79 Å². The van der Waals surface area contributed by atoms with E-state index in [1.54, 1.807) is 0 Å². The monoisotopic (exact) mass is 383 g/mol. The molecule has 132 valence electrons. The molecule has 0 aliphatic carbocycles. The summed E-state index contributed by atoms with van der Waals surface area (Å²) in [5.41, 5.74) is 0.119. The fraction of sp³-hybridized carbons (Fsp3) is 0.385. The number of hydrogen-bond donors (Lipinski definition) is 3. The molecule has 0 saturated carbocycles. The smallest absolute Gasteiger partial charge is 0.352 e. The molecule has 0 aromatic carbocycles. The largest absolute Gasteiger partial charge is 0.477 e. The number of carboxylic acid groups (broad SMARTS) is 1. The molecule has 0 aromatic rings. The zero-order valence-corrected chi connectivity index (χ0v) is 14.5. The maximum atomic E-state index is 12.5. The summed E-state index contributed by atoms with van der Waals surface area (Å²) >= 11 is 2.51. The number of nitrogens with one attached hydrogen (secondary N) is 2. The summed E-state index contributed by atoms with van der Waals surface area (Å²) in [5, 5.41) is 22.4. The van der Waals surface area contributed by atoms with Crippen LogP contribution in [0.25, 0.3) is 0 Å². The molecule has 1 fully saturated rings. The Hall–Kier alpha value is -2.34. The summed E-state index contributed by atoms with van der Waals surface area (Å²) in [4.78, 5) is 45.7. The van der Waals surface area contributed by atoms with Gasteiger partial charge in [-0.15, -0.1) is 11.8 Å². The topological polar surface area (TPSA) is 145 Å². The van der Waals surface area contributed by atoms with E-state index in [9.17, 15) is 14.4 Å². The number of carbonyl (C=O) groups is 3. The number of amides is 2. The van der Waals surface area contributed by atoms with E-state index >= 15 is 0 Å². The molecular weight excluding hydrogens is 370 g/mol. The first kappa shape index (κ1) is 17.5. The van der Waals surface area contributed by atoms with Gasteiger partial charge in [0.1, 0.15) is 24.2 Å². The summed E-state index contributed by atoms with van der Waals surface area (Å²) in [6.45, 7) is 0. The molecule has 25 heavy (non-hydrogen) atoms. The Kier molecular flexibility index (Phi) is 4.81. The van der Waals surface area contributed by atoms with E-state index in [4.69, 9.17) is 10.5 Å². The maximum absolute atomic E-state index is 12.5. The third-order valence-electron chi connectivity index (χ3n) is 3.61. The SMILES string of the molecule is CO/N=C(\C(=O)N[C@@H]1C(=O)N2C(C(=O)O)=CCS[C@H]12)C1=NC(=N)SC1. The molecule has 10 nitrogen and oxygen atoms in total. The Morgan fingerprint density at radius 1 is 1.56 bits per heavy atom. The number of thioether (sulfide) groups is 2. The predicted octanol–water partition coefficient (Wildman–Crippen LogP) is -0.520. The van der Waals surface area contributed by atoms with Crippen molar-refractivity contribution in [2.75, 3.05) is 18.6 Å². The molecule has 0 aromatic heterocycles. The highest BCUT2D eigenvalue weighted by Crippen LogP contribution is 2.37. The number of hydrogen-bond acceptors (Lipinski definition) is 8. The highest BCUT2D eigenvalue weighted by Gasteiger charge is 2.53. The molecule has 0 unspecified atom stereocenters. The van der Waals surface area contributed by atoms with Crippen molar-refractivity contribution in [1.82, 2.24) is 10.2 Å². The van der Waals surface area contributed by atoms with E-state index in [1.165, 1.54) is 24.9 Å². The minimum Gasteiger partial charge on any atom is -0.477 e. The molecule has 0 spiro atoms. The van der Waals surface area contributed by atoms with Crippen molar-refractivity contribution >= 4 is 57.9 Å². The van der Waals surface area contributed by atoms with Gasteiger partial charge in [0.25, 0.3) is 11.8 Å². The van der Waals surface area contributed by atoms with Gasteiger partial charge in [0, 0.05) is 11.5 Å². The number of aliphatic carboxylic acids is 1. The highest BCUT2D eigenvalue weighted by molar-refractivity contribution is 8.14. The second-order valence-electron chi connectivity index (χ2n) is 5.05. The van der Waals surface area contributed by atoms with Crippen LogP contribution in [0.15, 0.2) is 21.9 Å². The van der Waals surface area contributed by atoms with E-state index in [-0.39, 0.29) is 16.6 Å². The summed E-state index contributed by atoms with van der Waals surface area (Å²) in [7, 11) is 1.28. The normalized spacial score (nSPS) is 25.6. The van der Waals surface area contributed by atoms with Crippen molar-refractivity contribution in [3.8, 4) is 0 Å². The van der Waals surface area contributed by atoms with Crippen LogP contribution in [0.5, 0.6) is 0 Å². The minimum absolute atomic E-state index is 0.0663. The zero-order valence-electron chi connectivity index (χ0n) is 12.9. The van der Waals surface area contributed by atoms with Gasteiger partial charge < -0.3 is 15.3 Å². The number of carboxylic acids is 1. The first-order valence-electron chi connectivity index (χ1n) is 7.03. The van der Waals surface area contributed by atoms with Crippen LogP contribution < -0.4 is 5.32 Å². The van der Waals surface area contributed by atoms with Crippen molar-refractivity contribution in [2.24, 2.45) is 10.1 Å². The average molecular weight is 383 g/mol. The van der Waals surface area contributed by atoms with Crippen molar-refractivity contribution in [3.63, 3.8) is 0 Å². The van der Waals surface area contributed by atoms with Gasteiger partial charge >= 0.3 is 5.97 Å². The first-order valence-corrected chi connectivity index (χ1v) is 9.07. The standard InChI is InChI=1S/C13H13N5O5S2/c1-23-17-7(5-4-25-13(14)15-5)9(19)16-8-10(20)18-6(12(21)22)2-3-24-11(8)18/h2,8,11,14H,3-4H2,1H3,(H,16,19)(H,21,22)/b14-13?,17-7-/t8-,11-/m1/s1. The van der Waals surface area contributed by atoms with Gasteiger partial charge in [-0.1, -0.05) is 16.9 Å². The number of carbonyl (C=O) groups excluding carboxylic acids is 2. The molecule has 12 heteroatoms. The molecule has 1 saturated heterocycles. The van der Waals surface area contributed by atoms with Gasteiger partial charge in [0.05, 0.1) is 5.71 Å². The van der Waals surface area contributed by atoms with Crippen LogP contribution in [0.2, 0.25) is 0 Å². The third-order valence-corrected chi connectivity index (χ3v) is 5.57. The molecule has 0 bridgehead atoms. The quantitative estimate of drug-likeness (QED) is 0.329. The predicted molar refractivity (Wildman–Crippen MR) is 92.8 cm³/mol. The Balaban J connectivity index is 1.73. The molecule has 3 aliphatic heterocycles. The molecule has 3 aliphatic rings. The van der Waals surface area contributed by atoms with Gasteiger partial charge in [-0.2, -0.15) is 0 Å². The Morgan fingerprint density at radius 3 is 2.92 bits per heavy atom. The molecule has 3 rings (SSSR count). The molecule has 0 radical (unpaired) electrons. The average Bonchev–Trinajstić information content (AvgIpc) is 3.02. The van der Waals surface area contributed by atoms with Crippen LogP contribution in [0, 0.1) is 5.41 Å². The molecule has 2 atom stereocenters. The first-order chi connectivity index (χ1) is 11.9. The molecule has 3 heterocycles. The van der Waals surface area contributed by atoms with Gasteiger partial charge in [-0.3, -0.25) is 19.9 Å². The Bertz CT molecular complexity index is 762. The number of oxime groups is 1. The number of aliphatic imine (C=N–C) groups is 1. The Labute approximate surface area is 150 Å². The van der Waals surface area contributed by atoms with Crippen LogP contribution in [-0.2, 0) is 19.2 Å². The molecular formula is C13H13N5O5S2. The fourth-order valence-electron chi connectivity index (χ4n) is 2.51. The number of amidine groups is 1. The molecule has 3 N–H and O–H groups in total. The van der Waals surface area contributed by atoms with Crippen molar-refractivity contribution in [2.45, 2.75) is 11.4 Å². The lowest BCUT2D eigenvalue weighted by molar-refractivity contribution is -0.150. The lowest BCUT2D eigenvalue weighted by Crippen LogP contribution is -2.70. The lowest BCUT2D eigenvalue weighted by atomic mass is 10.0. The number of nitrogens with zero attached hydrogens (tertiary/aromatic N) is 3. The maximum Gasteiger partial charge on any atom is 0.352 e. The number of fused-ring (bicyclic) bond motifs is 1.